The minimum absolute atomic E-state index is 0.109. The van der Waals surface area contributed by atoms with Crippen LogP contribution in [0.25, 0.3) is 16.7 Å². The normalized spacial score (nSPS) is 16.1. The van der Waals surface area contributed by atoms with Crippen molar-refractivity contribution >= 4 is 29.0 Å². The van der Waals surface area contributed by atoms with E-state index in [2.05, 4.69) is 4.98 Å². The maximum Gasteiger partial charge on any atom is 0.511 e. The van der Waals surface area contributed by atoms with Crippen molar-refractivity contribution in [3.05, 3.63) is 63.7 Å². The molecule has 0 bridgehead atoms. The van der Waals surface area contributed by atoms with Crippen molar-refractivity contribution in [3.63, 3.8) is 0 Å². The summed E-state index contributed by atoms with van der Waals surface area (Å²) >= 11 is 0. The van der Waals surface area contributed by atoms with Gasteiger partial charge in [0.15, 0.2) is 17.3 Å². The lowest BCUT2D eigenvalue weighted by Crippen LogP contribution is -2.29. The quantitative estimate of drug-likeness (QED) is 0.374. The molecule has 2 aromatic heterocycles. The minimum Gasteiger partial charge on any atom is -0.431 e. The molecule has 0 radical (unpaired) electrons. The largest absolute Gasteiger partial charge is 0.511 e. The van der Waals surface area contributed by atoms with Crippen LogP contribution in [-0.4, -0.2) is 53.2 Å². The molecular formula is C25H25F3N4O6. The van der Waals surface area contributed by atoms with E-state index in [0.29, 0.717) is 25.6 Å². The van der Waals surface area contributed by atoms with Crippen LogP contribution in [0.5, 0.6) is 0 Å². The molecule has 1 aromatic carbocycles. The van der Waals surface area contributed by atoms with Crippen LogP contribution in [0.2, 0.25) is 0 Å². The molecule has 0 aliphatic carbocycles. The molecule has 202 valence electrons. The molecule has 38 heavy (non-hydrogen) atoms. The van der Waals surface area contributed by atoms with Gasteiger partial charge in [0.1, 0.15) is 17.2 Å². The number of hydrogen-bond acceptors (Lipinski definition) is 9. The summed E-state index contributed by atoms with van der Waals surface area (Å²) in [5.41, 5.74) is 3.89. The molecule has 10 nitrogen and oxygen atoms in total. The standard InChI is InChI=1S/C25H25F3N4O6/c1-12(2)36-25(35)38-13(3)37-24(34)17-11-32(20-5-4-14(26)8-18(20)27)22-16(21(17)33)9-19(28)23(30-22)31-7-6-15(29)10-31/h4-5,8-9,11-13,15H,6-7,10,29H2,1-3H3. The van der Waals surface area contributed by atoms with Gasteiger partial charge in [0.25, 0.3) is 0 Å². The van der Waals surface area contributed by atoms with E-state index in [1.165, 1.54) is 6.92 Å². The van der Waals surface area contributed by atoms with Crippen LogP contribution < -0.4 is 16.1 Å². The van der Waals surface area contributed by atoms with E-state index in [1.54, 1.807) is 18.7 Å². The van der Waals surface area contributed by atoms with Crippen LogP contribution in [0.15, 0.2) is 35.3 Å². The average molecular weight is 534 g/mol. The molecule has 0 saturated carbocycles. The third-order valence-corrected chi connectivity index (χ3v) is 5.69. The van der Waals surface area contributed by atoms with Crippen molar-refractivity contribution in [2.24, 2.45) is 5.73 Å². The first-order valence-electron chi connectivity index (χ1n) is 11.7. The Balaban J connectivity index is 1.82. The number of esters is 1. The molecule has 1 saturated heterocycles. The third kappa shape index (κ3) is 5.57. The fourth-order valence-corrected chi connectivity index (χ4v) is 4.02. The zero-order valence-corrected chi connectivity index (χ0v) is 20.7. The van der Waals surface area contributed by atoms with E-state index in [4.69, 9.17) is 19.9 Å². The second kappa shape index (κ2) is 10.7. The highest BCUT2D eigenvalue weighted by molar-refractivity contribution is 5.94. The van der Waals surface area contributed by atoms with Crippen molar-refractivity contribution < 1.29 is 37.0 Å². The van der Waals surface area contributed by atoms with Crippen LogP contribution in [0.3, 0.4) is 0 Å². The fourth-order valence-electron chi connectivity index (χ4n) is 4.02. The number of nitrogens with two attached hydrogens (primary N) is 1. The predicted octanol–water partition coefficient (Wildman–Crippen LogP) is 3.40. The number of nitrogens with zero attached hydrogens (tertiary/aromatic N) is 3. The van der Waals surface area contributed by atoms with E-state index in [0.717, 1.165) is 29.0 Å². The summed E-state index contributed by atoms with van der Waals surface area (Å²) in [6, 6.07) is 3.34. The number of carbonyl (C=O) groups is 2. The Kier molecular flexibility index (Phi) is 7.58. The van der Waals surface area contributed by atoms with Crippen molar-refractivity contribution in [1.82, 2.24) is 9.55 Å². The summed E-state index contributed by atoms with van der Waals surface area (Å²) in [4.78, 5) is 43.7. The number of hydrogen-bond donors (Lipinski definition) is 1. The summed E-state index contributed by atoms with van der Waals surface area (Å²) in [7, 11) is 0. The molecule has 3 aromatic rings. The molecule has 2 N–H and O–H groups in total. The lowest BCUT2D eigenvalue weighted by atomic mass is 10.1. The maximum absolute atomic E-state index is 15.1. The zero-order chi connectivity index (χ0) is 27.7. The number of carbonyl (C=O) groups excluding carboxylic acids is 2. The summed E-state index contributed by atoms with van der Waals surface area (Å²) in [6.07, 6.45) is -1.52. The smallest absolute Gasteiger partial charge is 0.431 e. The Bertz CT molecular complexity index is 1460. The summed E-state index contributed by atoms with van der Waals surface area (Å²) in [5.74, 6) is -4.09. The van der Waals surface area contributed by atoms with Gasteiger partial charge in [-0.2, -0.15) is 0 Å². The van der Waals surface area contributed by atoms with E-state index in [9.17, 15) is 23.2 Å². The zero-order valence-electron chi connectivity index (χ0n) is 20.7. The first-order chi connectivity index (χ1) is 17.9. The summed E-state index contributed by atoms with van der Waals surface area (Å²) in [6.45, 7) is 5.10. The Morgan fingerprint density at radius 3 is 2.45 bits per heavy atom. The van der Waals surface area contributed by atoms with Gasteiger partial charge in [-0.15, -0.1) is 0 Å². The minimum atomic E-state index is -1.46. The van der Waals surface area contributed by atoms with Gasteiger partial charge in [0, 0.05) is 38.3 Å². The van der Waals surface area contributed by atoms with Crippen LogP contribution >= 0.6 is 0 Å². The fraction of sp³-hybridized carbons (Fsp3) is 0.360. The van der Waals surface area contributed by atoms with Crippen molar-refractivity contribution in [1.29, 1.82) is 0 Å². The summed E-state index contributed by atoms with van der Waals surface area (Å²) in [5, 5.41) is -0.360. The highest BCUT2D eigenvalue weighted by atomic mass is 19.1. The number of fused-ring (bicyclic) bond motifs is 1. The number of halogens is 3. The highest BCUT2D eigenvalue weighted by Crippen LogP contribution is 2.27. The molecule has 1 aliphatic rings. The van der Waals surface area contributed by atoms with Gasteiger partial charge in [0.05, 0.1) is 17.2 Å². The molecule has 3 heterocycles. The molecule has 13 heteroatoms. The number of pyridine rings is 2. The van der Waals surface area contributed by atoms with E-state index in [-0.39, 0.29) is 28.6 Å². The molecular weight excluding hydrogens is 509 g/mol. The van der Waals surface area contributed by atoms with E-state index in [1.807, 2.05) is 0 Å². The molecule has 2 atom stereocenters. The van der Waals surface area contributed by atoms with Crippen LogP contribution in [0.1, 0.15) is 37.6 Å². The van der Waals surface area contributed by atoms with Gasteiger partial charge in [-0.3, -0.25) is 9.36 Å². The maximum atomic E-state index is 15.1. The van der Waals surface area contributed by atoms with Gasteiger partial charge in [0.2, 0.25) is 11.7 Å². The number of benzene rings is 1. The molecule has 1 aliphatic heterocycles. The Hall–Kier alpha value is -4.13. The first kappa shape index (κ1) is 26.9. The van der Waals surface area contributed by atoms with Gasteiger partial charge in [-0.05, 0) is 38.5 Å². The predicted molar refractivity (Wildman–Crippen MR) is 130 cm³/mol. The van der Waals surface area contributed by atoms with E-state index < -0.39 is 53.0 Å². The molecule has 0 amide bonds. The van der Waals surface area contributed by atoms with Crippen LogP contribution in [0.4, 0.5) is 23.8 Å². The monoisotopic (exact) mass is 534 g/mol. The lowest BCUT2D eigenvalue weighted by molar-refractivity contribution is -0.0867. The van der Waals surface area contributed by atoms with Crippen molar-refractivity contribution in [3.8, 4) is 5.69 Å². The van der Waals surface area contributed by atoms with Gasteiger partial charge in [-0.25, -0.2) is 27.7 Å². The van der Waals surface area contributed by atoms with Crippen LogP contribution in [0, 0.1) is 17.5 Å². The molecule has 4 rings (SSSR count). The Morgan fingerprint density at radius 1 is 1.08 bits per heavy atom. The van der Waals surface area contributed by atoms with Gasteiger partial charge < -0.3 is 24.8 Å². The molecule has 1 fully saturated rings. The second-order valence-electron chi connectivity index (χ2n) is 9.00. The van der Waals surface area contributed by atoms with Gasteiger partial charge >= 0.3 is 12.1 Å². The Morgan fingerprint density at radius 2 is 1.82 bits per heavy atom. The van der Waals surface area contributed by atoms with Crippen molar-refractivity contribution in [2.45, 2.75) is 45.6 Å². The Labute approximate surface area is 214 Å². The van der Waals surface area contributed by atoms with Crippen LogP contribution in [-0.2, 0) is 14.2 Å². The van der Waals surface area contributed by atoms with E-state index >= 15 is 4.39 Å². The number of aromatic nitrogens is 2. The molecule has 2 unspecified atom stereocenters. The van der Waals surface area contributed by atoms with Gasteiger partial charge in [-0.1, -0.05) is 0 Å². The number of rotatable bonds is 6. The average Bonchev–Trinajstić information content (AvgIpc) is 3.25. The highest BCUT2D eigenvalue weighted by Gasteiger charge is 2.27. The first-order valence-corrected chi connectivity index (χ1v) is 11.7. The topological polar surface area (TPSA) is 126 Å². The summed E-state index contributed by atoms with van der Waals surface area (Å²) < 4.78 is 59.3. The second-order valence-corrected chi connectivity index (χ2v) is 9.00. The SMILES string of the molecule is CC(C)OC(=O)OC(C)OC(=O)c1cn(-c2ccc(F)cc2F)c2nc(N3CCC(N)C3)c(F)cc2c1=O. The number of anilines is 1. The molecule has 0 spiro atoms. The number of ether oxygens (including phenoxy) is 3. The van der Waals surface area contributed by atoms with Crippen molar-refractivity contribution in [2.75, 3.05) is 18.0 Å². The third-order valence-electron chi connectivity index (χ3n) is 5.69. The lowest BCUT2D eigenvalue weighted by Gasteiger charge is -2.20.